The lowest BCUT2D eigenvalue weighted by molar-refractivity contribution is -0.138. The number of nitrogens with one attached hydrogen (secondary N) is 1. The Balaban J connectivity index is 1.64. The molecule has 0 saturated carbocycles. The van der Waals surface area contributed by atoms with E-state index in [1.807, 2.05) is 30.3 Å². The zero-order chi connectivity index (χ0) is 23.6. The van der Waals surface area contributed by atoms with Crippen molar-refractivity contribution in [2.45, 2.75) is 24.2 Å². The predicted octanol–water partition coefficient (Wildman–Crippen LogP) is 4.43. The fraction of sp³-hybridized carbons (Fsp3) is 0.200. The highest BCUT2D eigenvalue weighted by Crippen LogP contribution is 2.35. The van der Waals surface area contributed by atoms with Gasteiger partial charge in [0.2, 0.25) is 0 Å². The molecule has 0 aliphatic carbocycles. The van der Waals surface area contributed by atoms with Crippen molar-refractivity contribution in [3.8, 4) is 0 Å². The number of halogens is 3. The molecule has 4 rings (SSSR count). The quantitative estimate of drug-likeness (QED) is 0.542. The molecule has 1 saturated heterocycles. The van der Waals surface area contributed by atoms with Gasteiger partial charge < -0.3 is 10.4 Å². The van der Waals surface area contributed by atoms with Crippen molar-refractivity contribution >= 4 is 11.9 Å². The second-order valence-corrected chi connectivity index (χ2v) is 7.92. The number of nitrogens with zero attached hydrogens (tertiary/aromatic N) is 1. The molecule has 2 N–H and O–H groups in total. The van der Waals surface area contributed by atoms with Gasteiger partial charge in [0.15, 0.2) is 5.54 Å². The number of benzene rings is 3. The molecule has 2 atom stereocenters. The number of hydrogen-bond acceptors (Lipinski definition) is 3. The van der Waals surface area contributed by atoms with E-state index in [0.29, 0.717) is 5.56 Å². The number of imide groups is 1. The Bertz CT molecular complexity index is 1150. The van der Waals surface area contributed by atoms with Gasteiger partial charge in [-0.05, 0) is 28.8 Å². The van der Waals surface area contributed by atoms with Gasteiger partial charge in [-0.15, -0.1) is 0 Å². The lowest BCUT2D eigenvalue weighted by Gasteiger charge is -2.28. The van der Waals surface area contributed by atoms with Gasteiger partial charge in [0.05, 0.1) is 18.2 Å². The van der Waals surface area contributed by atoms with E-state index in [9.17, 15) is 27.9 Å². The molecule has 3 aromatic carbocycles. The largest absolute Gasteiger partial charge is 0.416 e. The first-order chi connectivity index (χ1) is 15.7. The fourth-order valence-electron chi connectivity index (χ4n) is 4.03. The van der Waals surface area contributed by atoms with Crippen molar-refractivity contribution in [3.63, 3.8) is 0 Å². The molecule has 33 heavy (non-hydrogen) atoms. The summed E-state index contributed by atoms with van der Waals surface area (Å²) in [5.74, 6) is -0.575. The molecule has 170 valence electrons. The second kappa shape index (κ2) is 8.71. The number of alkyl halides is 3. The Morgan fingerprint density at radius 1 is 0.909 bits per heavy atom. The van der Waals surface area contributed by atoms with E-state index in [1.165, 1.54) is 12.1 Å². The van der Waals surface area contributed by atoms with E-state index in [1.54, 1.807) is 30.3 Å². The number of urea groups is 1. The third kappa shape index (κ3) is 4.47. The molecule has 3 amide bonds. The number of hydrogen-bond donors (Lipinski definition) is 2. The van der Waals surface area contributed by atoms with Crippen molar-refractivity contribution in [3.05, 3.63) is 107 Å². The smallest absolute Gasteiger partial charge is 0.387 e. The summed E-state index contributed by atoms with van der Waals surface area (Å²) in [4.78, 5) is 27.3. The minimum absolute atomic E-state index is 0.0364. The standard InChI is InChI=1S/C25H21F3N2O3/c26-25(27,28)20-13-7-10-18(14-20)21(31)16-30-22(32)24(29-23(30)33,19-11-5-2-6-12-19)15-17-8-3-1-4-9-17/h1-14,21,31H,15-16H2,(H,29,33). The van der Waals surface area contributed by atoms with Gasteiger partial charge in [-0.2, -0.15) is 13.2 Å². The summed E-state index contributed by atoms with van der Waals surface area (Å²) in [7, 11) is 0. The van der Waals surface area contributed by atoms with Crippen LogP contribution in [-0.2, 0) is 22.9 Å². The van der Waals surface area contributed by atoms with Crippen LogP contribution in [0.3, 0.4) is 0 Å². The molecular weight excluding hydrogens is 433 g/mol. The minimum atomic E-state index is -4.57. The van der Waals surface area contributed by atoms with Crippen molar-refractivity contribution in [1.29, 1.82) is 0 Å². The van der Waals surface area contributed by atoms with Crippen molar-refractivity contribution in [2.75, 3.05) is 6.54 Å². The predicted molar refractivity (Wildman–Crippen MR) is 115 cm³/mol. The topological polar surface area (TPSA) is 69.6 Å². The first kappa shape index (κ1) is 22.5. The van der Waals surface area contributed by atoms with Gasteiger partial charge in [-0.1, -0.05) is 72.8 Å². The average molecular weight is 454 g/mol. The molecule has 5 nitrogen and oxygen atoms in total. The number of carbonyl (C=O) groups excluding carboxylic acids is 2. The van der Waals surface area contributed by atoms with Gasteiger partial charge in [0, 0.05) is 6.42 Å². The van der Waals surface area contributed by atoms with Crippen LogP contribution >= 0.6 is 0 Å². The molecule has 8 heteroatoms. The maximum absolute atomic E-state index is 13.6. The van der Waals surface area contributed by atoms with Crippen LogP contribution in [0, 0.1) is 0 Å². The Morgan fingerprint density at radius 2 is 1.55 bits per heavy atom. The first-order valence-electron chi connectivity index (χ1n) is 10.3. The van der Waals surface area contributed by atoms with E-state index < -0.39 is 41.9 Å². The van der Waals surface area contributed by atoms with Gasteiger partial charge in [0.25, 0.3) is 5.91 Å². The van der Waals surface area contributed by atoms with Crippen LogP contribution in [0.1, 0.15) is 28.4 Å². The van der Waals surface area contributed by atoms with Gasteiger partial charge in [0.1, 0.15) is 0 Å². The SMILES string of the molecule is O=C1NC(Cc2ccccc2)(c2ccccc2)C(=O)N1CC(O)c1cccc(C(F)(F)F)c1. The molecule has 0 bridgehead atoms. The summed E-state index contributed by atoms with van der Waals surface area (Å²) >= 11 is 0. The summed E-state index contributed by atoms with van der Waals surface area (Å²) in [5, 5.41) is 13.4. The van der Waals surface area contributed by atoms with E-state index >= 15 is 0 Å². The Morgan fingerprint density at radius 3 is 2.18 bits per heavy atom. The number of amides is 3. The summed E-state index contributed by atoms with van der Waals surface area (Å²) in [6.45, 7) is -0.477. The lowest BCUT2D eigenvalue weighted by Crippen LogP contribution is -2.46. The highest BCUT2D eigenvalue weighted by molar-refractivity contribution is 6.07. The van der Waals surface area contributed by atoms with Gasteiger partial charge >= 0.3 is 12.2 Å². The third-order valence-electron chi connectivity index (χ3n) is 5.71. The number of aliphatic hydroxyl groups excluding tert-OH is 1. The molecule has 0 aromatic heterocycles. The van der Waals surface area contributed by atoms with Crippen LogP contribution in [0.5, 0.6) is 0 Å². The maximum Gasteiger partial charge on any atom is 0.416 e. The van der Waals surface area contributed by atoms with Crippen molar-refractivity contribution in [1.82, 2.24) is 10.2 Å². The number of β-amino-alcohol motifs (C(OH)–C–C–N with tert-alkyl or cyclic N) is 1. The summed E-state index contributed by atoms with van der Waals surface area (Å²) < 4.78 is 39.1. The van der Waals surface area contributed by atoms with Crippen LogP contribution in [0.15, 0.2) is 84.9 Å². The van der Waals surface area contributed by atoms with E-state index in [2.05, 4.69) is 5.32 Å². The lowest BCUT2D eigenvalue weighted by atomic mass is 9.83. The zero-order valence-corrected chi connectivity index (χ0v) is 17.4. The van der Waals surface area contributed by atoms with E-state index in [-0.39, 0.29) is 12.0 Å². The molecule has 0 radical (unpaired) electrons. The van der Waals surface area contributed by atoms with Gasteiger partial charge in [-0.3, -0.25) is 9.69 Å². The molecule has 1 aliphatic heterocycles. The van der Waals surface area contributed by atoms with E-state index in [4.69, 9.17) is 0 Å². The number of rotatable bonds is 6. The molecule has 1 fully saturated rings. The maximum atomic E-state index is 13.6. The number of aliphatic hydroxyl groups is 1. The highest BCUT2D eigenvalue weighted by atomic mass is 19.4. The molecule has 0 spiro atoms. The van der Waals surface area contributed by atoms with Crippen LogP contribution in [0.2, 0.25) is 0 Å². The van der Waals surface area contributed by atoms with Gasteiger partial charge in [-0.25, -0.2) is 4.79 Å². The molecule has 1 heterocycles. The monoisotopic (exact) mass is 454 g/mol. The third-order valence-corrected chi connectivity index (χ3v) is 5.71. The molecule has 2 unspecified atom stereocenters. The second-order valence-electron chi connectivity index (χ2n) is 7.92. The average Bonchev–Trinajstić information content (AvgIpc) is 3.04. The fourth-order valence-corrected chi connectivity index (χ4v) is 4.03. The molecular formula is C25H21F3N2O3. The van der Waals surface area contributed by atoms with Crippen LogP contribution in [-0.4, -0.2) is 28.5 Å². The normalized spacial score (nSPS) is 19.5. The summed E-state index contributed by atoms with van der Waals surface area (Å²) in [5.41, 5.74) is -0.962. The Hall–Kier alpha value is -3.65. The van der Waals surface area contributed by atoms with Crippen LogP contribution in [0.25, 0.3) is 0 Å². The molecule has 1 aliphatic rings. The Labute approximate surface area is 188 Å². The van der Waals surface area contributed by atoms with Crippen molar-refractivity contribution < 1.29 is 27.9 Å². The summed E-state index contributed by atoms with van der Waals surface area (Å²) in [6.07, 6.45) is -5.88. The zero-order valence-electron chi connectivity index (χ0n) is 17.4. The summed E-state index contributed by atoms with van der Waals surface area (Å²) in [6, 6.07) is 21.4. The first-order valence-corrected chi connectivity index (χ1v) is 10.3. The Kier molecular flexibility index (Phi) is 5.95. The van der Waals surface area contributed by atoms with E-state index in [0.717, 1.165) is 22.6 Å². The van der Waals surface area contributed by atoms with Crippen LogP contribution < -0.4 is 5.32 Å². The highest BCUT2D eigenvalue weighted by Gasteiger charge is 2.52. The van der Waals surface area contributed by atoms with Crippen LogP contribution in [0.4, 0.5) is 18.0 Å². The molecule has 3 aromatic rings. The van der Waals surface area contributed by atoms with Crippen molar-refractivity contribution in [2.24, 2.45) is 0 Å². The minimum Gasteiger partial charge on any atom is -0.387 e. The number of carbonyl (C=O) groups is 2.